The molecule has 0 aromatic carbocycles. The summed E-state index contributed by atoms with van der Waals surface area (Å²) in [5, 5.41) is 2.93. The van der Waals surface area contributed by atoms with Crippen LogP contribution in [0.3, 0.4) is 0 Å². The molecule has 0 unspecified atom stereocenters. The SMILES string of the molecule is COCC(C)(C)NC(=O)C(C)(C)C. The number of hydrogen-bond acceptors (Lipinski definition) is 2. The summed E-state index contributed by atoms with van der Waals surface area (Å²) >= 11 is 0. The van der Waals surface area contributed by atoms with Crippen molar-refractivity contribution in [3.05, 3.63) is 0 Å². The van der Waals surface area contributed by atoms with E-state index in [0.29, 0.717) is 6.61 Å². The van der Waals surface area contributed by atoms with E-state index in [0.717, 1.165) is 0 Å². The molecule has 3 heteroatoms. The second kappa shape index (κ2) is 4.09. The summed E-state index contributed by atoms with van der Waals surface area (Å²) < 4.78 is 5.01. The minimum absolute atomic E-state index is 0.0505. The zero-order valence-corrected chi connectivity index (χ0v) is 9.52. The van der Waals surface area contributed by atoms with Gasteiger partial charge in [-0.3, -0.25) is 4.79 Å². The van der Waals surface area contributed by atoms with Crippen LogP contribution in [-0.2, 0) is 9.53 Å². The Hall–Kier alpha value is -0.570. The van der Waals surface area contributed by atoms with Crippen LogP contribution in [-0.4, -0.2) is 25.2 Å². The lowest BCUT2D eigenvalue weighted by Crippen LogP contribution is -2.50. The van der Waals surface area contributed by atoms with Crippen LogP contribution in [0.15, 0.2) is 0 Å². The summed E-state index contributed by atoms with van der Waals surface area (Å²) in [5.41, 5.74) is -0.635. The molecule has 1 amide bonds. The first-order valence-corrected chi connectivity index (χ1v) is 4.50. The Labute approximate surface area is 80.8 Å². The maximum Gasteiger partial charge on any atom is 0.225 e. The van der Waals surface area contributed by atoms with E-state index in [-0.39, 0.29) is 16.9 Å². The van der Waals surface area contributed by atoms with Crippen LogP contribution in [0.4, 0.5) is 0 Å². The van der Waals surface area contributed by atoms with Gasteiger partial charge in [-0.1, -0.05) is 20.8 Å². The third-order valence-corrected chi connectivity index (χ3v) is 1.64. The zero-order chi connectivity index (χ0) is 10.7. The molecule has 0 saturated heterocycles. The van der Waals surface area contributed by atoms with Crippen LogP contribution >= 0.6 is 0 Å². The second-order valence-corrected chi connectivity index (χ2v) is 5.02. The lowest BCUT2D eigenvalue weighted by Gasteiger charge is -2.29. The Morgan fingerprint density at radius 3 is 2.00 bits per heavy atom. The summed E-state index contributed by atoms with van der Waals surface area (Å²) in [6, 6.07) is 0. The van der Waals surface area contributed by atoms with E-state index in [1.165, 1.54) is 0 Å². The first-order chi connectivity index (χ1) is 5.69. The van der Waals surface area contributed by atoms with Crippen molar-refractivity contribution in [1.82, 2.24) is 5.32 Å². The van der Waals surface area contributed by atoms with E-state index in [9.17, 15) is 4.79 Å². The predicted molar refractivity (Wildman–Crippen MR) is 53.6 cm³/mol. The van der Waals surface area contributed by atoms with Gasteiger partial charge in [0.15, 0.2) is 0 Å². The third-order valence-electron chi connectivity index (χ3n) is 1.64. The van der Waals surface area contributed by atoms with E-state index >= 15 is 0 Å². The van der Waals surface area contributed by atoms with Gasteiger partial charge in [0.25, 0.3) is 0 Å². The highest BCUT2D eigenvalue weighted by Gasteiger charge is 2.27. The molecule has 78 valence electrons. The van der Waals surface area contributed by atoms with E-state index in [1.54, 1.807) is 7.11 Å². The fourth-order valence-electron chi connectivity index (χ4n) is 0.892. The van der Waals surface area contributed by atoms with Crippen LogP contribution in [0.1, 0.15) is 34.6 Å². The molecule has 0 bridgehead atoms. The minimum atomic E-state index is -0.342. The van der Waals surface area contributed by atoms with Gasteiger partial charge in [0.05, 0.1) is 12.1 Å². The average Bonchev–Trinajstić information content (AvgIpc) is 1.83. The van der Waals surface area contributed by atoms with Gasteiger partial charge in [0.2, 0.25) is 5.91 Å². The lowest BCUT2D eigenvalue weighted by atomic mass is 9.93. The van der Waals surface area contributed by atoms with Crippen molar-refractivity contribution in [1.29, 1.82) is 0 Å². The van der Waals surface area contributed by atoms with Crippen molar-refractivity contribution in [2.75, 3.05) is 13.7 Å². The monoisotopic (exact) mass is 187 g/mol. The molecule has 13 heavy (non-hydrogen) atoms. The molecule has 0 aliphatic rings. The van der Waals surface area contributed by atoms with Gasteiger partial charge < -0.3 is 10.1 Å². The molecule has 0 fully saturated rings. The van der Waals surface area contributed by atoms with Gasteiger partial charge >= 0.3 is 0 Å². The van der Waals surface area contributed by atoms with Crippen LogP contribution < -0.4 is 5.32 Å². The molecule has 0 aromatic rings. The predicted octanol–water partition coefficient (Wildman–Crippen LogP) is 1.57. The molecule has 0 atom stereocenters. The van der Waals surface area contributed by atoms with Crippen molar-refractivity contribution in [3.63, 3.8) is 0 Å². The van der Waals surface area contributed by atoms with Crippen LogP contribution in [0.25, 0.3) is 0 Å². The number of amides is 1. The topological polar surface area (TPSA) is 38.3 Å². The number of rotatable bonds is 3. The molecule has 0 aromatic heterocycles. The highest BCUT2D eigenvalue weighted by molar-refractivity contribution is 5.81. The summed E-state index contributed by atoms with van der Waals surface area (Å²) in [7, 11) is 1.63. The Bertz CT molecular complexity index is 180. The average molecular weight is 187 g/mol. The first kappa shape index (κ1) is 12.4. The standard InChI is InChI=1S/C10H21NO2/c1-9(2,3)8(12)11-10(4,5)7-13-6/h7H2,1-6H3,(H,11,12). The second-order valence-electron chi connectivity index (χ2n) is 5.02. The minimum Gasteiger partial charge on any atom is -0.382 e. The van der Waals surface area contributed by atoms with E-state index in [4.69, 9.17) is 4.74 Å². The fraction of sp³-hybridized carbons (Fsp3) is 0.900. The third kappa shape index (κ3) is 4.88. The summed E-state index contributed by atoms with van der Waals surface area (Å²) in [5.74, 6) is 0.0505. The molecule has 0 heterocycles. The summed E-state index contributed by atoms with van der Waals surface area (Å²) in [4.78, 5) is 11.6. The summed E-state index contributed by atoms with van der Waals surface area (Å²) in [6.07, 6.45) is 0. The molecular formula is C10H21NO2. The molecule has 1 N–H and O–H groups in total. The molecule has 0 radical (unpaired) electrons. The van der Waals surface area contributed by atoms with E-state index < -0.39 is 0 Å². The van der Waals surface area contributed by atoms with Gasteiger partial charge in [0, 0.05) is 12.5 Å². The van der Waals surface area contributed by atoms with Crippen molar-refractivity contribution in [3.8, 4) is 0 Å². The van der Waals surface area contributed by atoms with Crippen molar-refractivity contribution < 1.29 is 9.53 Å². The quantitative estimate of drug-likeness (QED) is 0.728. The smallest absolute Gasteiger partial charge is 0.225 e. The van der Waals surface area contributed by atoms with Crippen molar-refractivity contribution in [2.24, 2.45) is 5.41 Å². The van der Waals surface area contributed by atoms with Gasteiger partial charge in [-0.2, -0.15) is 0 Å². The molecule has 0 aliphatic carbocycles. The molecule has 3 nitrogen and oxygen atoms in total. The number of nitrogens with one attached hydrogen (secondary N) is 1. The largest absolute Gasteiger partial charge is 0.382 e. The Morgan fingerprint density at radius 1 is 1.23 bits per heavy atom. The molecule has 0 saturated carbocycles. The van der Waals surface area contributed by atoms with Crippen molar-refractivity contribution >= 4 is 5.91 Å². The van der Waals surface area contributed by atoms with E-state index in [2.05, 4.69) is 5.32 Å². The number of ether oxygens (including phenoxy) is 1. The molecule has 0 aliphatic heterocycles. The van der Waals surface area contributed by atoms with Crippen LogP contribution in [0, 0.1) is 5.41 Å². The van der Waals surface area contributed by atoms with Gasteiger partial charge in [-0.15, -0.1) is 0 Å². The fourth-order valence-corrected chi connectivity index (χ4v) is 0.892. The Kier molecular flexibility index (Phi) is 3.91. The Balaban J connectivity index is 4.20. The van der Waals surface area contributed by atoms with Crippen LogP contribution in [0.2, 0.25) is 0 Å². The van der Waals surface area contributed by atoms with E-state index in [1.807, 2.05) is 34.6 Å². The number of hydrogen-bond donors (Lipinski definition) is 1. The van der Waals surface area contributed by atoms with Gasteiger partial charge in [0.1, 0.15) is 0 Å². The van der Waals surface area contributed by atoms with Crippen molar-refractivity contribution in [2.45, 2.75) is 40.2 Å². The van der Waals surface area contributed by atoms with Gasteiger partial charge in [-0.05, 0) is 13.8 Å². The molecule has 0 rings (SSSR count). The maximum atomic E-state index is 11.6. The number of methoxy groups -OCH3 is 1. The highest BCUT2D eigenvalue weighted by Crippen LogP contribution is 2.15. The lowest BCUT2D eigenvalue weighted by molar-refractivity contribution is -0.130. The molecule has 0 spiro atoms. The zero-order valence-electron chi connectivity index (χ0n) is 9.52. The van der Waals surface area contributed by atoms with Gasteiger partial charge in [-0.25, -0.2) is 0 Å². The maximum absolute atomic E-state index is 11.6. The normalized spacial score (nSPS) is 12.8. The highest BCUT2D eigenvalue weighted by atomic mass is 16.5. The molecular weight excluding hydrogens is 166 g/mol. The summed E-state index contributed by atoms with van der Waals surface area (Å²) in [6.45, 7) is 10.1. The Morgan fingerprint density at radius 2 is 1.69 bits per heavy atom. The van der Waals surface area contributed by atoms with Crippen LogP contribution in [0.5, 0.6) is 0 Å². The number of carbonyl (C=O) groups excluding carboxylic acids is 1. The first-order valence-electron chi connectivity index (χ1n) is 4.50. The number of carbonyl (C=O) groups is 1.